The highest BCUT2D eigenvalue weighted by Gasteiger charge is 2.67. The lowest BCUT2D eigenvalue weighted by Gasteiger charge is -2.43. The lowest BCUT2D eigenvalue weighted by atomic mass is 9.97. The molecule has 6 N–H and O–H groups in total. The number of ether oxygens (including phenoxy) is 3. The monoisotopic (exact) mass is 434 g/mol. The Morgan fingerprint density at radius 3 is 1.43 bits per heavy atom. The molecule has 0 rings (SSSR count). The van der Waals surface area contributed by atoms with Gasteiger partial charge in [0.05, 0.1) is 6.61 Å². The van der Waals surface area contributed by atoms with Gasteiger partial charge in [-0.3, -0.25) is 0 Å². The van der Waals surface area contributed by atoms with Crippen molar-refractivity contribution in [2.24, 2.45) is 0 Å². The van der Waals surface area contributed by atoms with Gasteiger partial charge in [0.15, 0.2) is 6.10 Å². The third kappa shape index (κ3) is 6.19. The Labute approximate surface area is 171 Å². The van der Waals surface area contributed by atoms with Crippen LogP contribution in [-0.4, -0.2) is 85.2 Å². The van der Waals surface area contributed by atoms with Gasteiger partial charge in [0.1, 0.15) is 12.2 Å². The number of carbonyl (C=O) groups excluding carboxylic acids is 3. The van der Waals surface area contributed by atoms with E-state index in [1.54, 1.807) is 0 Å². The minimum Gasteiger partial charge on any atom is -0.416 e. The number of carbonyl (C=O) groups is 3. The van der Waals surface area contributed by atoms with Crippen molar-refractivity contribution in [3.05, 3.63) is 36.5 Å². The third-order valence-electron chi connectivity index (χ3n) is 3.51. The Bertz CT molecular complexity index is 699. The van der Waals surface area contributed by atoms with Crippen molar-refractivity contribution in [2.45, 2.75) is 50.8 Å². The van der Waals surface area contributed by atoms with Crippen LogP contribution >= 0.6 is 0 Å². The minimum absolute atomic E-state index is 0.390. The molecule has 0 aliphatic heterocycles. The summed E-state index contributed by atoms with van der Waals surface area (Å²) in [6.07, 6.45) is -7.58. The average molecular weight is 434 g/mol. The number of hydrogen-bond donors (Lipinski definition) is 6. The van der Waals surface area contributed by atoms with Crippen LogP contribution in [0, 0.1) is 0 Å². The minimum atomic E-state index is -3.99. The molecule has 0 aromatic heterocycles. The molecule has 0 aromatic carbocycles. The van der Waals surface area contributed by atoms with Gasteiger partial charge in [-0.05, 0) is 20.8 Å². The van der Waals surface area contributed by atoms with Gasteiger partial charge in [-0.1, -0.05) is 19.7 Å². The second-order valence-corrected chi connectivity index (χ2v) is 6.47. The standard InChI is InChI=1S/C18H26O12/c1-8(2)14(23)28-17(26,13(22)12(21)11(20)7-19)18(27,29-15(24)9(3)4)30-16(25)10(5)6/h11-13,19-22,26-27H,1,3,5,7H2,2,4,6H3/t11-,12+,13+,17+/m0/s1. The Morgan fingerprint density at radius 2 is 1.13 bits per heavy atom. The first kappa shape index (κ1) is 27.4. The van der Waals surface area contributed by atoms with E-state index in [9.17, 15) is 39.9 Å². The summed E-state index contributed by atoms with van der Waals surface area (Å²) in [5, 5.41) is 60.4. The Hall–Kier alpha value is -2.61. The fourth-order valence-electron chi connectivity index (χ4n) is 1.68. The molecule has 0 aliphatic carbocycles. The molecule has 170 valence electrons. The van der Waals surface area contributed by atoms with E-state index in [1.165, 1.54) is 0 Å². The summed E-state index contributed by atoms with van der Waals surface area (Å²) in [6, 6.07) is 0. The molecule has 12 heteroatoms. The fourth-order valence-corrected chi connectivity index (χ4v) is 1.68. The highest BCUT2D eigenvalue weighted by atomic mass is 16.9. The van der Waals surface area contributed by atoms with Crippen LogP contribution in [0.1, 0.15) is 20.8 Å². The molecule has 0 saturated carbocycles. The van der Waals surface area contributed by atoms with Crippen molar-refractivity contribution in [2.75, 3.05) is 6.61 Å². The summed E-state index contributed by atoms with van der Waals surface area (Å²) in [5.41, 5.74) is -1.18. The molecular formula is C18H26O12. The molecule has 4 atom stereocenters. The van der Waals surface area contributed by atoms with Gasteiger partial charge in [0, 0.05) is 16.7 Å². The zero-order valence-corrected chi connectivity index (χ0v) is 16.7. The summed E-state index contributed by atoms with van der Waals surface area (Å²) >= 11 is 0. The average Bonchev–Trinajstić information content (AvgIpc) is 2.65. The molecule has 0 amide bonds. The van der Waals surface area contributed by atoms with Gasteiger partial charge in [-0.25, -0.2) is 14.4 Å². The van der Waals surface area contributed by atoms with Gasteiger partial charge in [-0.2, -0.15) is 0 Å². The van der Waals surface area contributed by atoms with Crippen LogP contribution in [0.5, 0.6) is 0 Å². The highest BCUT2D eigenvalue weighted by molar-refractivity contribution is 5.89. The second kappa shape index (κ2) is 10.4. The van der Waals surface area contributed by atoms with Crippen LogP contribution in [-0.2, 0) is 28.6 Å². The van der Waals surface area contributed by atoms with E-state index in [1.807, 2.05) is 0 Å². The van der Waals surface area contributed by atoms with Gasteiger partial charge in [-0.15, -0.1) is 0 Å². The van der Waals surface area contributed by atoms with Gasteiger partial charge >= 0.3 is 29.7 Å². The van der Waals surface area contributed by atoms with E-state index in [2.05, 4.69) is 33.9 Å². The zero-order valence-electron chi connectivity index (χ0n) is 16.7. The molecular weight excluding hydrogens is 408 g/mol. The van der Waals surface area contributed by atoms with E-state index < -0.39 is 60.2 Å². The first-order chi connectivity index (χ1) is 13.5. The summed E-state index contributed by atoms with van der Waals surface area (Å²) < 4.78 is 13.6. The third-order valence-corrected chi connectivity index (χ3v) is 3.51. The maximum absolute atomic E-state index is 12.0. The Kier molecular flexibility index (Phi) is 9.52. The number of aliphatic hydroxyl groups excluding tert-OH is 4. The Morgan fingerprint density at radius 1 is 0.800 bits per heavy atom. The molecule has 0 saturated heterocycles. The summed E-state index contributed by atoms with van der Waals surface area (Å²) in [4.78, 5) is 35.9. The molecule has 12 nitrogen and oxygen atoms in total. The van der Waals surface area contributed by atoms with E-state index in [0.29, 0.717) is 0 Å². The number of aliphatic hydroxyl groups is 6. The maximum Gasteiger partial charge on any atom is 0.447 e. The fraction of sp³-hybridized carbons (Fsp3) is 0.500. The smallest absolute Gasteiger partial charge is 0.416 e. The predicted octanol–water partition coefficient (Wildman–Crippen LogP) is -2.25. The SMILES string of the molecule is C=C(C)C(=O)OC(O)(OC(=O)C(=C)C)[C@](O)(OC(=O)C(=C)C)[C@H](O)[C@H](O)[C@@H](O)CO. The predicted molar refractivity (Wildman–Crippen MR) is 97.7 cm³/mol. The van der Waals surface area contributed by atoms with Crippen molar-refractivity contribution in [1.82, 2.24) is 0 Å². The van der Waals surface area contributed by atoms with Crippen LogP contribution < -0.4 is 0 Å². The molecule has 0 bridgehead atoms. The van der Waals surface area contributed by atoms with E-state index in [4.69, 9.17) is 5.11 Å². The maximum atomic E-state index is 12.0. The number of esters is 3. The van der Waals surface area contributed by atoms with Crippen molar-refractivity contribution >= 4 is 17.9 Å². The molecule has 0 fully saturated rings. The molecule has 0 unspecified atom stereocenters. The molecule has 0 radical (unpaired) electrons. The lowest BCUT2D eigenvalue weighted by molar-refractivity contribution is -0.463. The van der Waals surface area contributed by atoms with Crippen LogP contribution in [0.4, 0.5) is 0 Å². The first-order valence-electron chi connectivity index (χ1n) is 8.30. The molecule has 0 spiro atoms. The summed E-state index contributed by atoms with van der Waals surface area (Å²) in [6.45, 7) is 11.8. The van der Waals surface area contributed by atoms with Gasteiger partial charge in [0.2, 0.25) is 0 Å². The van der Waals surface area contributed by atoms with E-state index in [0.717, 1.165) is 20.8 Å². The number of rotatable bonds is 11. The first-order valence-corrected chi connectivity index (χ1v) is 8.30. The lowest BCUT2D eigenvalue weighted by Crippen LogP contribution is -2.70. The van der Waals surface area contributed by atoms with Gasteiger partial charge < -0.3 is 44.8 Å². The zero-order chi connectivity index (χ0) is 24.0. The van der Waals surface area contributed by atoms with Crippen LogP contribution in [0.25, 0.3) is 0 Å². The van der Waals surface area contributed by atoms with E-state index in [-0.39, 0.29) is 11.1 Å². The molecule has 30 heavy (non-hydrogen) atoms. The van der Waals surface area contributed by atoms with Crippen molar-refractivity contribution in [3.63, 3.8) is 0 Å². The molecule has 0 aromatic rings. The van der Waals surface area contributed by atoms with Gasteiger partial charge in [0.25, 0.3) is 0 Å². The topological polar surface area (TPSA) is 200 Å². The van der Waals surface area contributed by atoms with Crippen LogP contribution in [0.2, 0.25) is 0 Å². The van der Waals surface area contributed by atoms with Crippen molar-refractivity contribution in [3.8, 4) is 0 Å². The molecule has 0 aliphatic rings. The van der Waals surface area contributed by atoms with Crippen molar-refractivity contribution < 1.29 is 59.2 Å². The summed E-state index contributed by atoms with van der Waals surface area (Å²) in [5.74, 6) is -12.4. The highest BCUT2D eigenvalue weighted by Crippen LogP contribution is 2.34. The molecule has 0 heterocycles. The normalized spacial score (nSPS) is 16.3. The van der Waals surface area contributed by atoms with Crippen LogP contribution in [0.15, 0.2) is 36.5 Å². The summed E-state index contributed by atoms with van der Waals surface area (Å²) in [7, 11) is 0. The van der Waals surface area contributed by atoms with Crippen molar-refractivity contribution in [1.29, 1.82) is 0 Å². The number of hydrogen-bond acceptors (Lipinski definition) is 12. The van der Waals surface area contributed by atoms with E-state index >= 15 is 0 Å². The largest absolute Gasteiger partial charge is 0.447 e. The second-order valence-electron chi connectivity index (χ2n) is 6.47. The Balaban J connectivity index is 6.67. The quantitative estimate of drug-likeness (QED) is 0.116. The van der Waals surface area contributed by atoms with Crippen LogP contribution in [0.3, 0.4) is 0 Å².